The zero-order chi connectivity index (χ0) is 17.8. The molecule has 5 heteroatoms. The van der Waals surface area contributed by atoms with Crippen molar-refractivity contribution in [1.82, 2.24) is 9.88 Å². The molecule has 0 aliphatic carbocycles. The lowest BCUT2D eigenvalue weighted by molar-refractivity contribution is 0.0741. The molecule has 1 fully saturated rings. The van der Waals surface area contributed by atoms with Gasteiger partial charge >= 0.3 is 0 Å². The summed E-state index contributed by atoms with van der Waals surface area (Å²) >= 11 is 0. The molecule has 0 atom stereocenters. The number of piperazine rings is 1. The molecule has 0 bridgehead atoms. The predicted octanol–water partition coefficient (Wildman–Crippen LogP) is 3.17. The summed E-state index contributed by atoms with van der Waals surface area (Å²) in [6.07, 6.45) is 1.73. The molecule has 1 amide bonds. The third-order valence-corrected chi connectivity index (χ3v) is 4.37. The standard InChI is InChI=1S/C20H26N4O/c1-15(2)22-17-7-8-19(21-14-17)20(25)24-11-9-23(10-12-24)18-6-4-5-16(3)13-18/h4-8,13-15,22H,9-12H2,1-3H3. The Bertz CT molecular complexity index is 719. The maximum absolute atomic E-state index is 12.7. The fourth-order valence-electron chi connectivity index (χ4n) is 3.09. The second-order valence-corrected chi connectivity index (χ2v) is 6.85. The molecule has 0 unspecified atom stereocenters. The lowest BCUT2D eigenvalue weighted by Gasteiger charge is -2.36. The first-order valence-corrected chi connectivity index (χ1v) is 8.86. The average molecular weight is 338 g/mol. The van der Waals surface area contributed by atoms with Crippen molar-refractivity contribution in [1.29, 1.82) is 0 Å². The van der Waals surface area contributed by atoms with E-state index in [9.17, 15) is 4.79 Å². The van der Waals surface area contributed by atoms with E-state index in [0.29, 0.717) is 11.7 Å². The molecule has 1 aromatic heterocycles. The van der Waals surface area contributed by atoms with Crippen LogP contribution in [0.15, 0.2) is 42.6 Å². The third kappa shape index (κ3) is 4.29. The second-order valence-electron chi connectivity index (χ2n) is 6.85. The van der Waals surface area contributed by atoms with Crippen LogP contribution in [-0.2, 0) is 0 Å². The SMILES string of the molecule is Cc1cccc(N2CCN(C(=O)c3ccc(NC(C)C)cn3)CC2)c1. The fourth-order valence-corrected chi connectivity index (χ4v) is 3.09. The summed E-state index contributed by atoms with van der Waals surface area (Å²) in [7, 11) is 0. The van der Waals surface area contributed by atoms with Crippen LogP contribution in [0.25, 0.3) is 0 Å². The van der Waals surface area contributed by atoms with Crippen LogP contribution in [0, 0.1) is 6.92 Å². The summed E-state index contributed by atoms with van der Waals surface area (Å²) < 4.78 is 0. The highest BCUT2D eigenvalue weighted by Gasteiger charge is 2.23. The van der Waals surface area contributed by atoms with Gasteiger partial charge in [-0.25, -0.2) is 4.98 Å². The number of amides is 1. The van der Waals surface area contributed by atoms with E-state index >= 15 is 0 Å². The monoisotopic (exact) mass is 338 g/mol. The van der Waals surface area contributed by atoms with Crippen molar-refractivity contribution in [2.45, 2.75) is 26.8 Å². The van der Waals surface area contributed by atoms with E-state index < -0.39 is 0 Å². The minimum atomic E-state index is 0.0139. The van der Waals surface area contributed by atoms with Crippen molar-refractivity contribution in [2.75, 3.05) is 36.4 Å². The highest BCUT2D eigenvalue weighted by molar-refractivity contribution is 5.92. The van der Waals surface area contributed by atoms with Crippen LogP contribution in [-0.4, -0.2) is 48.0 Å². The maximum Gasteiger partial charge on any atom is 0.272 e. The number of pyridine rings is 1. The van der Waals surface area contributed by atoms with Crippen LogP contribution >= 0.6 is 0 Å². The Balaban J connectivity index is 1.59. The highest BCUT2D eigenvalue weighted by atomic mass is 16.2. The first-order valence-electron chi connectivity index (χ1n) is 8.86. The van der Waals surface area contributed by atoms with E-state index in [-0.39, 0.29) is 5.91 Å². The van der Waals surface area contributed by atoms with Gasteiger partial charge in [0.05, 0.1) is 11.9 Å². The Morgan fingerprint density at radius 2 is 1.88 bits per heavy atom. The minimum absolute atomic E-state index is 0.0139. The molecule has 25 heavy (non-hydrogen) atoms. The molecule has 1 aliphatic rings. The quantitative estimate of drug-likeness (QED) is 0.930. The number of nitrogens with one attached hydrogen (secondary N) is 1. The topological polar surface area (TPSA) is 48.5 Å². The van der Waals surface area contributed by atoms with Crippen LogP contribution in [0.1, 0.15) is 29.9 Å². The van der Waals surface area contributed by atoms with E-state index in [1.165, 1.54) is 11.3 Å². The summed E-state index contributed by atoms with van der Waals surface area (Å²) in [4.78, 5) is 21.2. The molecule has 5 nitrogen and oxygen atoms in total. The van der Waals surface area contributed by atoms with Gasteiger partial charge in [-0.15, -0.1) is 0 Å². The summed E-state index contributed by atoms with van der Waals surface area (Å²) in [6.45, 7) is 9.40. The van der Waals surface area contributed by atoms with Crippen LogP contribution in [0.5, 0.6) is 0 Å². The van der Waals surface area contributed by atoms with E-state index in [1.54, 1.807) is 12.3 Å². The second kappa shape index (κ2) is 7.55. The van der Waals surface area contributed by atoms with Gasteiger partial charge in [0.2, 0.25) is 0 Å². The van der Waals surface area contributed by atoms with Gasteiger partial charge in [-0.3, -0.25) is 4.79 Å². The third-order valence-electron chi connectivity index (χ3n) is 4.37. The summed E-state index contributed by atoms with van der Waals surface area (Å²) in [6, 6.07) is 12.6. The summed E-state index contributed by atoms with van der Waals surface area (Å²) in [5.74, 6) is 0.0139. The highest BCUT2D eigenvalue weighted by Crippen LogP contribution is 2.18. The molecule has 2 heterocycles. The number of anilines is 2. The number of hydrogen-bond acceptors (Lipinski definition) is 4. The van der Waals surface area contributed by atoms with E-state index in [4.69, 9.17) is 0 Å². The number of nitrogens with zero attached hydrogens (tertiary/aromatic N) is 3. The Morgan fingerprint density at radius 3 is 2.48 bits per heavy atom. The Labute approximate surface area is 149 Å². The van der Waals surface area contributed by atoms with Gasteiger partial charge in [-0.2, -0.15) is 0 Å². The molecule has 0 spiro atoms. The van der Waals surface area contributed by atoms with Gasteiger partial charge in [0.1, 0.15) is 5.69 Å². The summed E-state index contributed by atoms with van der Waals surface area (Å²) in [5, 5.41) is 3.28. The molecule has 1 N–H and O–H groups in total. The Hall–Kier alpha value is -2.56. The van der Waals surface area contributed by atoms with E-state index in [0.717, 1.165) is 31.9 Å². The summed E-state index contributed by atoms with van der Waals surface area (Å²) in [5.41, 5.74) is 3.94. The van der Waals surface area contributed by atoms with Crippen molar-refractivity contribution >= 4 is 17.3 Å². The molecule has 0 saturated carbocycles. The van der Waals surface area contributed by atoms with Crippen molar-refractivity contribution in [2.24, 2.45) is 0 Å². The lowest BCUT2D eigenvalue weighted by Crippen LogP contribution is -2.49. The van der Waals surface area contributed by atoms with Gasteiger partial charge < -0.3 is 15.1 Å². The maximum atomic E-state index is 12.7. The number of rotatable bonds is 4. The van der Waals surface area contributed by atoms with Gasteiger partial charge in [-0.05, 0) is 50.6 Å². The Morgan fingerprint density at radius 1 is 1.12 bits per heavy atom. The number of carbonyl (C=O) groups excluding carboxylic acids is 1. The van der Waals surface area contributed by atoms with Crippen molar-refractivity contribution < 1.29 is 4.79 Å². The largest absolute Gasteiger partial charge is 0.382 e. The molecule has 132 valence electrons. The number of aryl methyl sites for hydroxylation is 1. The van der Waals surface area contributed by atoms with E-state index in [2.05, 4.69) is 60.2 Å². The van der Waals surface area contributed by atoms with Gasteiger partial charge in [0.25, 0.3) is 5.91 Å². The molecule has 1 aliphatic heterocycles. The van der Waals surface area contributed by atoms with Crippen LogP contribution < -0.4 is 10.2 Å². The van der Waals surface area contributed by atoms with Gasteiger partial charge in [0.15, 0.2) is 0 Å². The number of carbonyl (C=O) groups is 1. The van der Waals surface area contributed by atoms with Gasteiger partial charge in [0, 0.05) is 37.9 Å². The molecule has 1 aromatic carbocycles. The fraction of sp³-hybridized carbons (Fsp3) is 0.400. The van der Waals surface area contributed by atoms with Crippen molar-refractivity contribution in [3.05, 3.63) is 53.9 Å². The molecule has 2 aromatic rings. The van der Waals surface area contributed by atoms with Gasteiger partial charge in [-0.1, -0.05) is 12.1 Å². The lowest BCUT2D eigenvalue weighted by atomic mass is 10.2. The first kappa shape index (κ1) is 17.3. The van der Waals surface area contributed by atoms with Crippen molar-refractivity contribution in [3.8, 4) is 0 Å². The number of aromatic nitrogens is 1. The predicted molar refractivity (Wildman–Crippen MR) is 102 cm³/mol. The normalized spacial score (nSPS) is 14.7. The molecule has 1 saturated heterocycles. The van der Waals surface area contributed by atoms with Crippen molar-refractivity contribution in [3.63, 3.8) is 0 Å². The molecule has 0 radical (unpaired) electrons. The molecular formula is C20H26N4O. The van der Waals surface area contributed by atoms with Crippen LogP contribution in [0.2, 0.25) is 0 Å². The average Bonchev–Trinajstić information content (AvgIpc) is 2.61. The number of hydrogen-bond donors (Lipinski definition) is 1. The molecular weight excluding hydrogens is 312 g/mol. The zero-order valence-corrected chi connectivity index (χ0v) is 15.2. The minimum Gasteiger partial charge on any atom is -0.382 e. The Kier molecular flexibility index (Phi) is 5.22. The van der Waals surface area contributed by atoms with E-state index in [1.807, 2.05) is 11.0 Å². The zero-order valence-electron chi connectivity index (χ0n) is 15.2. The van der Waals surface area contributed by atoms with Crippen LogP contribution in [0.3, 0.4) is 0 Å². The number of benzene rings is 1. The van der Waals surface area contributed by atoms with Crippen LogP contribution in [0.4, 0.5) is 11.4 Å². The molecule has 3 rings (SSSR count). The first-order chi connectivity index (χ1) is 12.0. The smallest absolute Gasteiger partial charge is 0.272 e.